The molecule has 0 spiro atoms. The van der Waals surface area contributed by atoms with Crippen molar-refractivity contribution >= 4 is 11.9 Å². The maximum absolute atomic E-state index is 11.7. The first kappa shape index (κ1) is 20.0. The molecule has 0 atom stereocenters. The number of hydrogen-bond donors (Lipinski definition) is 4. The van der Waals surface area contributed by atoms with Crippen LogP contribution in [0, 0.1) is 0 Å². The van der Waals surface area contributed by atoms with E-state index in [2.05, 4.69) is 0 Å². The molecule has 0 unspecified atom stereocenters. The van der Waals surface area contributed by atoms with Gasteiger partial charge in [-0.15, -0.1) is 0 Å². The molecule has 1 aromatic carbocycles. The van der Waals surface area contributed by atoms with Crippen LogP contribution in [0.3, 0.4) is 0 Å². The molecule has 0 heterocycles. The molecule has 1 rings (SSSR count). The zero-order chi connectivity index (χ0) is 17.9. The number of aliphatic hydroxyl groups is 4. The highest BCUT2D eigenvalue weighted by Gasteiger charge is 2.11. The Kier molecular flexibility index (Phi) is 8.95. The molecule has 0 amide bonds. The molecule has 0 aromatic heterocycles. The molecule has 4 N–H and O–H groups in total. The van der Waals surface area contributed by atoms with E-state index in [4.69, 9.17) is 29.9 Å². The SMILES string of the molecule is O=C(OCCCC(O)O)c1ccc(C(=O)OCCCC(O)O)cc1. The molecule has 134 valence electrons. The first-order valence-corrected chi connectivity index (χ1v) is 7.56. The molecular formula is C16H22O8. The van der Waals surface area contributed by atoms with Crippen LogP contribution in [-0.2, 0) is 9.47 Å². The molecule has 8 heteroatoms. The Morgan fingerprint density at radius 3 is 1.38 bits per heavy atom. The Hall–Kier alpha value is -2.00. The van der Waals surface area contributed by atoms with Crippen molar-refractivity contribution in [2.75, 3.05) is 13.2 Å². The average molecular weight is 342 g/mol. The standard InChI is InChI=1S/C16H22O8/c17-13(18)3-1-9-23-15(21)11-5-7-12(8-6-11)16(22)24-10-2-4-14(19)20/h5-8,13-14,17-20H,1-4,9-10H2. The van der Waals surface area contributed by atoms with Gasteiger partial charge in [0, 0.05) is 12.8 Å². The van der Waals surface area contributed by atoms with Crippen molar-refractivity contribution in [1.29, 1.82) is 0 Å². The number of benzene rings is 1. The quantitative estimate of drug-likeness (QED) is 0.269. The third kappa shape index (κ3) is 8.02. The van der Waals surface area contributed by atoms with Gasteiger partial charge in [-0.05, 0) is 37.1 Å². The van der Waals surface area contributed by atoms with Crippen LogP contribution >= 0.6 is 0 Å². The summed E-state index contributed by atoms with van der Waals surface area (Å²) in [6.07, 6.45) is -1.95. The van der Waals surface area contributed by atoms with Crippen LogP contribution in [0.1, 0.15) is 46.4 Å². The van der Waals surface area contributed by atoms with Gasteiger partial charge in [0.2, 0.25) is 0 Å². The minimum atomic E-state index is -1.42. The maximum Gasteiger partial charge on any atom is 0.338 e. The molecule has 24 heavy (non-hydrogen) atoms. The number of carbonyl (C=O) groups is 2. The van der Waals surface area contributed by atoms with Gasteiger partial charge in [0.05, 0.1) is 24.3 Å². The summed E-state index contributed by atoms with van der Waals surface area (Å²) >= 11 is 0. The van der Waals surface area contributed by atoms with Crippen molar-refractivity contribution in [2.24, 2.45) is 0 Å². The van der Waals surface area contributed by atoms with E-state index in [1.54, 1.807) is 0 Å². The smallest absolute Gasteiger partial charge is 0.338 e. The summed E-state index contributed by atoms with van der Waals surface area (Å²) in [6.45, 7) is 0.133. The largest absolute Gasteiger partial charge is 0.462 e. The molecule has 0 radical (unpaired) electrons. The van der Waals surface area contributed by atoms with E-state index in [1.807, 2.05) is 0 Å². The monoisotopic (exact) mass is 342 g/mol. The first-order chi connectivity index (χ1) is 11.4. The van der Waals surface area contributed by atoms with Crippen LogP contribution in [0.4, 0.5) is 0 Å². The number of rotatable bonds is 10. The Balaban J connectivity index is 2.38. The molecule has 0 saturated heterocycles. The third-order valence-corrected chi connectivity index (χ3v) is 3.04. The molecule has 1 aromatic rings. The van der Waals surface area contributed by atoms with Crippen molar-refractivity contribution < 1.29 is 39.5 Å². The van der Waals surface area contributed by atoms with Crippen molar-refractivity contribution in [3.05, 3.63) is 35.4 Å². The van der Waals surface area contributed by atoms with Crippen molar-refractivity contribution in [2.45, 2.75) is 38.3 Å². The van der Waals surface area contributed by atoms with Crippen molar-refractivity contribution in [3.8, 4) is 0 Å². The summed E-state index contributed by atoms with van der Waals surface area (Å²) in [7, 11) is 0. The lowest BCUT2D eigenvalue weighted by molar-refractivity contribution is -0.0498. The highest BCUT2D eigenvalue weighted by Crippen LogP contribution is 2.09. The Morgan fingerprint density at radius 2 is 1.08 bits per heavy atom. The molecule has 0 saturated carbocycles. The summed E-state index contributed by atoms with van der Waals surface area (Å²) in [6, 6.07) is 5.71. The minimum absolute atomic E-state index is 0.0664. The van der Waals surface area contributed by atoms with Gasteiger partial charge in [0.25, 0.3) is 0 Å². The fourth-order valence-electron chi connectivity index (χ4n) is 1.77. The molecule has 8 nitrogen and oxygen atoms in total. The predicted octanol–water partition coefficient (Wildman–Crippen LogP) is 0.182. The first-order valence-electron chi connectivity index (χ1n) is 7.56. The van der Waals surface area contributed by atoms with E-state index in [9.17, 15) is 9.59 Å². The molecule has 0 aliphatic heterocycles. The van der Waals surface area contributed by atoms with E-state index in [0.29, 0.717) is 12.8 Å². The summed E-state index contributed by atoms with van der Waals surface area (Å²) in [5, 5.41) is 34.7. The second-order valence-corrected chi connectivity index (χ2v) is 5.09. The van der Waals surface area contributed by atoms with E-state index < -0.39 is 24.5 Å². The number of carbonyl (C=O) groups excluding carboxylic acids is 2. The van der Waals surface area contributed by atoms with Gasteiger partial charge in [-0.1, -0.05) is 0 Å². The molecular weight excluding hydrogens is 320 g/mol. The van der Waals surface area contributed by atoms with Crippen LogP contribution in [0.15, 0.2) is 24.3 Å². The maximum atomic E-state index is 11.7. The molecule has 0 aliphatic carbocycles. The normalized spacial score (nSPS) is 10.9. The summed E-state index contributed by atoms with van der Waals surface area (Å²) in [4.78, 5) is 23.5. The van der Waals surface area contributed by atoms with E-state index in [1.165, 1.54) is 24.3 Å². The van der Waals surface area contributed by atoms with Crippen LogP contribution < -0.4 is 0 Å². The Bertz CT molecular complexity index is 462. The second-order valence-electron chi connectivity index (χ2n) is 5.09. The predicted molar refractivity (Wildman–Crippen MR) is 81.9 cm³/mol. The van der Waals surface area contributed by atoms with Gasteiger partial charge in [-0.3, -0.25) is 0 Å². The van der Waals surface area contributed by atoms with Gasteiger partial charge in [-0.2, -0.15) is 0 Å². The van der Waals surface area contributed by atoms with E-state index in [-0.39, 0.29) is 37.2 Å². The van der Waals surface area contributed by atoms with Gasteiger partial charge < -0.3 is 29.9 Å². The van der Waals surface area contributed by atoms with E-state index in [0.717, 1.165) is 0 Å². The summed E-state index contributed by atoms with van der Waals surface area (Å²) in [5.41, 5.74) is 0.527. The van der Waals surface area contributed by atoms with Crippen LogP contribution in [0.5, 0.6) is 0 Å². The lowest BCUT2D eigenvalue weighted by Gasteiger charge is -2.07. The Labute approximate surface area is 139 Å². The van der Waals surface area contributed by atoms with Gasteiger partial charge in [0.15, 0.2) is 12.6 Å². The van der Waals surface area contributed by atoms with Crippen molar-refractivity contribution in [1.82, 2.24) is 0 Å². The van der Waals surface area contributed by atoms with Gasteiger partial charge in [0.1, 0.15) is 0 Å². The number of esters is 2. The highest BCUT2D eigenvalue weighted by molar-refractivity contribution is 5.93. The minimum Gasteiger partial charge on any atom is -0.462 e. The number of ether oxygens (including phenoxy) is 2. The molecule has 0 aliphatic rings. The molecule has 0 bridgehead atoms. The Morgan fingerprint density at radius 1 is 0.750 bits per heavy atom. The topological polar surface area (TPSA) is 134 Å². The fraction of sp³-hybridized carbons (Fsp3) is 0.500. The second kappa shape index (κ2) is 10.7. The van der Waals surface area contributed by atoms with E-state index >= 15 is 0 Å². The third-order valence-electron chi connectivity index (χ3n) is 3.04. The lowest BCUT2D eigenvalue weighted by Crippen LogP contribution is -2.11. The summed E-state index contributed by atoms with van der Waals surface area (Å²) in [5.74, 6) is -1.14. The zero-order valence-corrected chi connectivity index (χ0v) is 13.1. The number of aliphatic hydroxyl groups excluding tert-OH is 2. The van der Waals surface area contributed by atoms with Crippen LogP contribution in [-0.4, -0.2) is 58.2 Å². The zero-order valence-electron chi connectivity index (χ0n) is 13.1. The average Bonchev–Trinajstić information content (AvgIpc) is 2.55. The fourth-order valence-corrected chi connectivity index (χ4v) is 1.77. The number of hydrogen-bond acceptors (Lipinski definition) is 8. The van der Waals surface area contributed by atoms with Gasteiger partial charge >= 0.3 is 11.9 Å². The van der Waals surface area contributed by atoms with Crippen LogP contribution in [0.2, 0.25) is 0 Å². The van der Waals surface area contributed by atoms with Gasteiger partial charge in [-0.25, -0.2) is 9.59 Å². The summed E-state index contributed by atoms with van der Waals surface area (Å²) < 4.78 is 9.91. The highest BCUT2D eigenvalue weighted by atomic mass is 16.5. The van der Waals surface area contributed by atoms with Crippen molar-refractivity contribution in [3.63, 3.8) is 0 Å². The lowest BCUT2D eigenvalue weighted by atomic mass is 10.1. The van der Waals surface area contributed by atoms with Crippen LogP contribution in [0.25, 0.3) is 0 Å². The molecule has 0 fully saturated rings.